The molecule has 1 heterocycles. The molecule has 45 heavy (non-hydrogen) atoms. The molecule has 0 aliphatic carbocycles. The molecular weight excluding hydrogens is 755 g/mol. The predicted octanol–water partition coefficient (Wildman–Crippen LogP) is 8.97. The molecule has 1 amide bonds. The van der Waals surface area contributed by atoms with E-state index in [9.17, 15) is 14.4 Å². The lowest BCUT2D eigenvalue weighted by Crippen LogP contribution is -2.16. The monoisotopic (exact) mass is 779 g/mol. The lowest BCUT2D eigenvalue weighted by Gasteiger charge is -2.12. The van der Waals surface area contributed by atoms with Crippen molar-refractivity contribution in [3.8, 4) is 11.5 Å². The van der Waals surface area contributed by atoms with E-state index in [1.54, 1.807) is 20.2 Å². The smallest absolute Gasteiger partial charge is 0.343 e. The second kappa shape index (κ2) is 20.3. The van der Waals surface area contributed by atoms with Gasteiger partial charge >= 0.3 is 11.9 Å². The molecule has 1 aromatic heterocycles. The fourth-order valence-electron chi connectivity index (χ4n) is 2.64. The van der Waals surface area contributed by atoms with Gasteiger partial charge < -0.3 is 24.2 Å². The third-order valence-electron chi connectivity index (χ3n) is 4.83. The molecule has 0 aliphatic rings. The standard InChI is InChI=1S/C12H13Cl2NO4S.C8H6Cl2O3S.C7H8Cl2N2/c1-15(2)12(17)20-11-8(13)4-7(5-9(11)14)19-6-10(16)18-3;9-5-1-4(13-3-7(11)12)2-6(10)8(5)14;1-4(2)5-3-6(8)10-11-7(5)9/h4-5H,6H2,1-3H3;1-2,14H,3H2,(H,11,12);3-4H,1-2H3. The van der Waals surface area contributed by atoms with Crippen LogP contribution in [0.4, 0.5) is 4.79 Å². The van der Waals surface area contributed by atoms with E-state index in [1.807, 2.05) is 13.8 Å². The largest absolute Gasteiger partial charge is 0.482 e. The van der Waals surface area contributed by atoms with Crippen LogP contribution in [0.2, 0.25) is 30.4 Å². The summed E-state index contributed by atoms with van der Waals surface area (Å²) in [4.78, 5) is 35.1. The molecule has 0 saturated carbocycles. The zero-order chi connectivity index (χ0) is 34.4. The summed E-state index contributed by atoms with van der Waals surface area (Å²) in [5, 5.41) is 17.5. The van der Waals surface area contributed by atoms with Crippen LogP contribution in [0.15, 0.2) is 40.1 Å². The molecule has 0 radical (unpaired) electrons. The van der Waals surface area contributed by atoms with Crippen molar-refractivity contribution in [3.05, 3.63) is 66.3 Å². The van der Waals surface area contributed by atoms with E-state index in [0.29, 0.717) is 47.6 Å². The third-order valence-corrected chi connectivity index (χ3v) is 8.66. The number of carboxylic acid groups (broad SMARTS) is 1. The Morgan fingerprint density at radius 3 is 1.78 bits per heavy atom. The predicted molar refractivity (Wildman–Crippen MR) is 182 cm³/mol. The van der Waals surface area contributed by atoms with E-state index in [0.717, 1.165) is 17.3 Å². The number of rotatable bonds is 8. The van der Waals surface area contributed by atoms with Crippen LogP contribution in [0.1, 0.15) is 25.3 Å². The molecule has 0 bridgehead atoms. The Bertz CT molecular complexity index is 1450. The molecule has 246 valence electrons. The van der Waals surface area contributed by atoms with E-state index < -0.39 is 18.5 Å². The molecule has 3 rings (SSSR count). The quantitative estimate of drug-likeness (QED) is 0.130. The summed E-state index contributed by atoms with van der Waals surface area (Å²) in [6.45, 7) is 3.38. The molecule has 0 unspecified atom stereocenters. The van der Waals surface area contributed by atoms with Gasteiger partial charge in [-0.3, -0.25) is 4.79 Å². The summed E-state index contributed by atoms with van der Waals surface area (Å²) >= 11 is 40.0. The third kappa shape index (κ3) is 15.0. The SMILES string of the molecule is CC(C)c1cc(Cl)nnc1Cl.COC(=O)COc1cc(Cl)c(SC(=O)N(C)C)c(Cl)c1.O=C(O)COc1cc(Cl)c(S)c(Cl)c1. The number of ether oxygens (including phenoxy) is 3. The number of carbonyl (C=O) groups is 3. The first kappa shape index (κ1) is 41.0. The number of hydrogen-bond donors (Lipinski definition) is 2. The van der Waals surface area contributed by atoms with Crippen molar-refractivity contribution in [2.75, 3.05) is 34.4 Å². The number of halogens is 6. The molecule has 10 nitrogen and oxygen atoms in total. The van der Waals surface area contributed by atoms with Crippen molar-refractivity contribution in [2.45, 2.75) is 29.6 Å². The highest BCUT2D eigenvalue weighted by Gasteiger charge is 2.16. The second-order valence-electron chi connectivity index (χ2n) is 8.83. The van der Waals surface area contributed by atoms with Crippen molar-refractivity contribution in [3.63, 3.8) is 0 Å². The molecule has 3 aromatic rings. The van der Waals surface area contributed by atoms with Crippen molar-refractivity contribution in [2.24, 2.45) is 0 Å². The van der Waals surface area contributed by atoms with E-state index in [4.69, 9.17) is 84.2 Å². The average molecular weight is 782 g/mol. The Kier molecular flexibility index (Phi) is 18.5. The maximum absolute atomic E-state index is 11.6. The molecular formula is C27H27Cl6N3O7S2. The van der Waals surface area contributed by atoms with Crippen molar-refractivity contribution in [1.82, 2.24) is 15.1 Å². The summed E-state index contributed by atoms with van der Waals surface area (Å²) < 4.78 is 14.5. The molecule has 0 atom stereocenters. The minimum atomic E-state index is -1.06. The van der Waals surface area contributed by atoms with Crippen molar-refractivity contribution in [1.29, 1.82) is 0 Å². The van der Waals surface area contributed by atoms with Crippen LogP contribution < -0.4 is 9.47 Å². The van der Waals surface area contributed by atoms with Crippen LogP contribution in [-0.4, -0.2) is 71.8 Å². The normalized spacial score (nSPS) is 10.2. The van der Waals surface area contributed by atoms with Crippen LogP contribution in [-0.2, 0) is 14.3 Å². The first-order valence-corrected chi connectivity index (χ1v) is 15.8. The van der Waals surface area contributed by atoms with Gasteiger partial charge in [-0.2, -0.15) is 0 Å². The van der Waals surface area contributed by atoms with Crippen molar-refractivity contribution >= 4 is 111 Å². The summed E-state index contributed by atoms with van der Waals surface area (Å²) in [5.74, 6) is -0.617. The summed E-state index contributed by atoms with van der Waals surface area (Å²) in [5.41, 5.74) is 0.937. The number of thioether (sulfide) groups is 1. The Balaban J connectivity index is 0.000000354. The average Bonchev–Trinajstić information content (AvgIpc) is 2.96. The van der Waals surface area contributed by atoms with E-state index in [1.165, 1.54) is 36.3 Å². The zero-order valence-corrected chi connectivity index (χ0v) is 30.5. The Labute approximate surface area is 299 Å². The number of aromatic nitrogens is 2. The van der Waals surface area contributed by atoms with E-state index >= 15 is 0 Å². The molecule has 0 aliphatic heterocycles. The number of thiol groups is 1. The summed E-state index contributed by atoms with van der Waals surface area (Å²) in [7, 11) is 4.52. The highest BCUT2D eigenvalue weighted by molar-refractivity contribution is 8.13. The molecule has 18 heteroatoms. The van der Waals surface area contributed by atoms with Gasteiger partial charge in [-0.25, -0.2) is 9.59 Å². The summed E-state index contributed by atoms with van der Waals surface area (Å²) in [6, 6.07) is 7.63. The van der Waals surface area contributed by atoms with Gasteiger partial charge in [0.2, 0.25) is 0 Å². The van der Waals surface area contributed by atoms with Gasteiger partial charge in [-0.1, -0.05) is 83.5 Å². The summed E-state index contributed by atoms with van der Waals surface area (Å²) in [6.07, 6.45) is 0. The molecule has 0 fully saturated rings. The maximum atomic E-state index is 11.6. The maximum Gasteiger partial charge on any atom is 0.343 e. The van der Waals surface area contributed by atoms with Crippen LogP contribution >= 0.6 is 94.0 Å². The Morgan fingerprint density at radius 2 is 1.36 bits per heavy atom. The fraction of sp³-hybridized carbons (Fsp3) is 0.296. The molecule has 0 saturated heterocycles. The molecule has 2 aromatic carbocycles. The minimum absolute atomic E-state index is 0.197. The van der Waals surface area contributed by atoms with Gasteiger partial charge in [0, 0.05) is 43.3 Å². The lowest BCUT2D eigenvalue weighted by atomic mass is 10.1. The molecule has 1 N–H and O–H groups in total. The molecule has 0 spiro atoms. The fourth-order valence-corrected chi connectivity index (χ4v) is 5.07. The number of esters is 1. The number of benzene rings is 2. The number of amides is 1. The van der Waals surface area contributed by atoms with Gasteiger partial charge in [0.1, 0.15) is 11.5 Å². The minimum Gasteiger partial charge on any atom is -0.482 e. The highest BCUT2D eigenvalue weighted by atomic mass is 35.5. The van der Waals surface area contributed by atoms with Crippen LogP contribution in [0, 0.1) is 0 Å². The van der Waals surface area contributed by atoms with Gasteiger partial charge in [-0.05, 0) is 29.3 Å². The van der Waals surface area contributed by atoms with Crippen LogP contribution in [0.25, 0.3) is 0 Å². The van der Waals surface area contributed by atoms with Gasteiger partial charge in [-0.15, -0.1) is 22.8 Å². The number of carbonyl (C=O) groups excluding carboxylic acids is 2. The van der Waals surface area contributed by atoms with Gasteiger partial charge in [0.25, 0.3) is 5.24 Å². The second-order valence-corrected chi connectivity index (χ2v) is 12.6. The number of hydrogen-bond acceptors (Lipinski definition) is 10. The Morgan fingerprint density at radius 1 is 0.867 bits per heavy atom. The first-order valence-electron chi connectivity index (χ1n) is 12.3. The topological polar surface area (TPSA) is 128 Å². The number of methoxy groups -OCH3 is 1. The van der Waals surface area contributed by atoms with Crippen LogP contribution in [0.5, 0.6) is 11.5 Å². The van der Waals surface area contributed by atoms with Gasteiger partial charge in [0.05, 0.1) is 32.1 Å². The number of carboxylic acids is 1. The van der Waals surface area contributed by atoms with Gasteiger partial charge in [0.15, 0.2) is 23.5 Å². The van der Waals surface area contributed by atoms with E-state index in [2.05, 4.69) is 27.6 Å². The Hall–Kier alpha value is -2.03. The first-order chi connectivity index (χ1) is 21.0. The lowest BCUT2D eigenvalue weighted by molar-refractivity contribution is -0.143. The highest BCUT2D eigenvalue weighted by Crippen LogP contribution is 2.38. The van der Waals surface area contributed by atoms with E-state index in [-0.39, 0.29) is 21.9 Å². The van der Waals surface area contributed by atoms with Crippen molar-refractivity contribution < 1.29 is 33.7 Å². The zero-order valence-electron chi connectivity index (χ0n) is 24.2. The number of nitrogens with zero attached hydrogens (tertiary/aromatic N) is 3. The van der Waals surface area contributed by atoms with Crippen LogP contribution in [0.3, 0.4) is 0 Å². The number of aliphatic carboxylic acids is 1.